The lowest BCUT2D eigenvalue weighted by Gasteiger charge is -2.25. The molecule has 2 rings (SSSR count). The van der Waals surface area contributed by atoms with Crippen molar-refractivity contribution in [3.63, 3.8) is 0 Å². The summed E-state index contributed by atoms with van der Waals surface area (Å²) in [6.45, 7) is 3.85. The van der Waals surface area contributed by atoms with Gasteiger partial charge in [0.15, 0.2) is 0 Å². The molecule has 2 nitrogen and oxygen atoms in total. The van der Waals surface area contributed by atoms with Crippen LogP contribution in [0.25, 0.3) is 0 Å². The Labute approximate surface area is 133 Å². The first-order chi connectivity index (χ1) is 10.0. The highest BCUT2D eigenvalue weighted by atomic mass is 79.9. The van der Waals surface area contributed by atoms with E-state index in [1.165, 1.54) is 12.1 Å². The maximum absolute atomic E-state index is 13.2. The Hall–Kier alpha value is -1.39. The molecule has 2 atom stereocenters. The molecular weight excluding hydrogens is 333 g/mol. The Morgan fingerprint density at radius 1 is 1.24 bits per heavy atom. The molecule has 0 aromatic heterocycles. The number of rotatable bonds is 5. The zero-order valence-electron chi connectivity index (χ0n) is 12.1. The highest BCUT2D eigenvalue weighted by molar-refractivity contribution is 9.10. The summed E-state index contributed by atoms with van der Waals surface area (Å²) in [7, 11) is 0. The van der Waals surface area contributed by atoms with E-state index in [1.807, 2.05) is 38.1 Å². The van der Waals surface area contributed by atoms with Gasteiger partial charge in [-0.25, -0.2) is 4.39 Å². The first kappa shape index (κ1) is 16.0. The third-order valence-electron chi connectivity index (χ3n) is 3.43. The van der Waals surface area contributed by atoms with E-state index in [2.05, 4.69) is 15.9 Å². The van der Waals surface area contributed by atoms with Gasteiger partial charge in [-0.3, -0.25) is 0 Å². The van der Waals surface area contributed by atoms with Gasteiger partial charge < -0.3 is 10.5 Å². The number of aryl methyl sites for hydroxylation is 1. The fourth-order valence-corrected chi connectivity index (χ4v) is 2.60. The molecule has 112 valence electrons. The second-order valence-electron chi connectivity index (χ2n) is 5.08. The Bertz CT molecular complexity index is 617. The summed E-state index contributed by atoms with van der Waals surface area (Å²) < 4.78 is 20.3. The average molecular weight is 352 g/mol. The summed E-state index contributed by atoms with van der Waals surface area (Å²) in [5.74, 6) is 0.393. The average Bonchev–Trinajstić information content (AvgIpc) is 2.45. The second-order valence-corrected chi connectivity index (χ2v) is 5.99. The van der Waals surface area contributed by atoms with Gasteiger partial charge in [0.1, 0.15) is 17.7 Å². The molecule has 2 N–H and O–H groups in total. The number of halogens is 2. The SMILES string of the molecule is CCC(N)C(Oc1ccc(F)cc1C)c1cccc(Br)c1. The minimum Gasteiger partial charge on any atom is -0.484 e. The van der Waals surface area contributed by atoms with Gasteiger partial charge in [-0.1, -0.05) is 35.0 Å². The maximum Gasteiger partial charge on any atom is 0.139 e. The smallest absolute Gasteiger partial charge is 0.139 e. The van der Waals surface area contributed by atoms with E-state index in [-0.39, 0.29) is 18.0 Å². The molecule has 0 saturated carbocycles. The molecule has 0 saturated heterocycles. The zero-order valence-corrected chi connectivity index (χ0v) is 13.7. The van der Waals surface area contributed by atoms with Crippen LogP contribution < -0.4 is 10.5 Å². The largest absolute Gasteiger partial charge is 0.484 e. The van der Waals surface area contributed by atoms with E-state index in [0.29, 0.717) is 5.75 Å². The van der Waals surface area contributed by atoms with E-state index in [0.717, 1.165) is 22.0 Å². The quantitative estimate of drug-likeness (QED) is 0.843. The van der Waals surface area contributed by atoms with Crippen LogP contribution in [0, 0.1) is 12.7 Å². The standard InChI is InChI=1S/C17H19BrFNO/c1-3-15(20)17(12-5-4-6-13(18)10-12)21-16-8-7-14(19)9-11(16)2/h4-10,15,17H,3,20H2,1-2H3. The first-order valence-electron chi connectivity index (χ1n) is 6.95. The third-order valence-corrected chi connectivity index (χ3v) is 3.92. The summed E-state index contributed by atoms with van der Waals surface area (Å²) in [5, 5.41) is 0. The van der Waals surface area contributed by atoms with Crippen LogP contribution in [-0.4, -0.2) is 6.04 Å². The highest BCUT2D eigenvalue weighted by Gasteiger charge is 2.21. The van der Waals surface area contributed by atoms with Gasteiger partial charge in [-0.15, -0.1) is 0 Å². The van der Waals surface area contributed by atoms with Crippen LogP contribution >= 0.6 is 15.9 Å². The van der Waals surface area contributed by atoms with Crippen molar-refractivity contribution in [1.29, 1.82) is 0 Å². The molecule has 0 amide bonds. The van der Waals surface area contributed by atoms with E-state index >= 15 is 0 Å². The van der Waals surface area contributed by atoms with Crippen LogP contribution in [0.5, 0.6) is 5.75 Å². The van der Waals surface area contributed by atoms with Crippen molar-refractivity contribution in [3.8, 4) is 5.75 Å². The van der Waals surface area contributed by atoms with Crippen molar-refractivity contribution in [2.45, 2.75) is 32.4 Å². The van der Waals surface area contributed by atoms with E-state index in [4.69, 9.17) is 10.5 Å². The van der Waals surface area contributed by atoms with Crippen molar-refractivity contribution >= 4 is 15.9 Å². The van der Waals surface area contributed by atoms with Gasteiger partial charge >= 0.3 is 0 Å². The molecule has 4 heteroatoms. The fourth-order valence-electron chi connectivity index (χ4n) is 2.18. The zero-order chi connectivity index (χ0) is 15.4. The molecule has 0 radical (unpaired) electrons. The molecule has 0 aliphatic carbocycles. The number of benzene rings is 2. The fraction of sp³-hybridized carbons (Fsp3) is 0.294. The molecule has 0 aliphatic rings. The molecular formula is C17H19BrFNO. The van der Waals surface area contributed by atoms with Crippen LogP contribution in [0.3, 0.4) is 0 Å². The number of nitrogens with two attached hydrogens (primary N) is 1. The molecule has 0 aliphatic heterocycles. The van der Waals surface area contributed by atoms with Gasteiger partial charge in [0, 0.05) is 10.5 Å². The maximum atomic E-state index is 13.2. The van der Waals surface area contributed by atoms with Crippen molar-refractivity contribution in [2.75, 3.05) is 0 Å². The molecule has 2 aromatic carbocycles. The van der Waals surface area contributed by atoms with E-state index in [9.17, 15) is 4.39 Å². The molecule has 0 bridgehead atoms. The van der Waals surface area contributed by atoms with Crippen molar-refractivity contribution in [2.24, 2.45) is 5.73 Å². The summed E-state index contributed by atoms with van der Waals surface area (Å²) in [5.41, 5.74) is 7.98. The van der Waals surface area contributed by atoms with Crippen molar-refractivity contribution in [3.05, 3.63) is 63.9 Å². The number of hydrogen-bond donors (Lipinski definition) is 1. The van der Waals surface area contributed by atoms with E-state index < -0.39 is 0 Å². The molecule has 0 heterocycles. The lowest BCUT2D eigenvalue weighted by molar-refractivity contribution is 0.169. The van der Waals surface area contributed by atoms with Crippen LogP contribution in [-0.2, 0) is 0 Å². The third kappa shape index (κ3) is 4.05. The lowest BCUT2D eigenvalue weighted by atomic mass is 10.0. The highest BCUT2D eigenvalue weighted by Crippen LogP contribution is 2.29. The summed E-state index contributed by atoms with van der Waals surface area (Å²) in [4.78, 5) is 0. The molecule has 0 spiro atoms. The van der Waals surface area contributed by atoms with E-state index in [1.54, 1.807) is 6.07 Å². The number of ether oxygens (including phenoxy) is 1. The predicted octanol–water partition coefficient (Wildman–Crippen LogP) is 4.75. The minimum atomic E-state index is -0.267. The topological polar surface area (TPSA) is 35.2 Å². The molecule has 21 heavy (non-hydrogen) atoms. The predicted molar refractivity (Wildman–Crippen MR) is 86.9 cm³/mol. The summed E-state index contributed by atoms with van der Waals surface area (Å²) >= 11 is 3.46. The van der Waals surface area contributed by atoms with Gasteiger partial charge in [-0.05, 0) is 54.8 Å². The first-order valence-corrected chi connectivity index (χ1v) is 7.74. The summed E-state index contributed by atoms with van der Waals surface area (Å²) in [6, 6.07) is 12.3. The van der Waals surface area contributed by atoms with Crippen LogP contribution in [0.1, 0.15) is 30.6 Å². The van der Waals surface area contributed by atoms with Crippen LogP contribution in [0.2, 0.25) is 0 Å². The molecule has 2 aromatic rings. The Morgan fingerprint density at radius 2 is 2.00 bits per heavy atom. The van der Waals surface area contributed by atoms with Crippen LogP contribution in [0.15, 0.2) is 46.9 Å². The van der Waals surface area contributed by atoms with Crippen LogP contribution in [0.4, 0.5) is 4.39 Å². The monoisotopic (exact) mass is 351 g/mol. The van der Waals surface area contributed by atoms with Gasteiger partial charge in [0.2, 0.25) is 0 Å². The van der Waals surface area contributed by atoms with Gasteiger partial charge in [-0.2, -0.15) is 0 Å². The summed E-state index contributed by atoms with van der Waals surface area (Å²) in [6.07, 6.45) is 0.522. The van der Waals surface area contributed by atoms with Gasteiger partial charge in [0.25, 0.3) is 0 Å². The molecule has 2 unspecified atom stereocenters. The van der Waals surface area contributed by atoms with Crippen molar-refractivity contribution < 1.29 is 9.13 Å². The Morgan fingerprint density at radius 3 is 2.62 bits per heavy atom. The van der Waals surface area contributed by atoms with Crippen molar-refractivity contribution in [1.82, 2.24) is 0 Å². The Balaban J connectivity index is 2.33. The molecule has 0 fully saturated rings. The lowest BCUT2D eigenvalue weighted by Crippen LogP contribution is -2.31. The minimum absolute atomic E-state index is 0.135. The van der Waals surface area contributed by atoms with Gasteiger partial charge in [0.05, 0.1) is 0 Å². The number of hydrogen-bond acceptors (Lipinski definition) is 2. The Kier molecular flexibility index (Phi) is 5.37. The normalized spacial score (nSPS) is 13.8. The second kappa shape index (κ2) is 7.05.